The van der Waals surface area contributed by atoms with Crippen molar-refractivity contribution >= 4 is 40.1 Å². The molecule has 1 N–H and O–H groups in total. The molecule has 138 valence electrons. The van der Waals surface area contributed by atoms with Gasteiger partial charge in [0.2, 0.25) is 5.91 Å². The van der Waals surface area contributed by atoms with Gasteiger partial charge in [-0.25, -0.2) is 4.98 Å². The summed E-state index contributed by atoms with van der Waals surface area (Å²) in [7, 11) is 0. The van der Waals surface area contributed by atoms with Gasteiger partial charge in [-0.2, -0.15) is 0 Å². The zero-order chi connectivity index (χ0) is 19.2. The number of nitrogens with zero attached hydrogens (tertiary/aromatic N) is 1. The highest BCUT2D eigenvalue weighted by molar-refractivity contribution is 7.14. The summed E-state index contributed by atoms with van der Waals surface area (Å²) in [5.74, 6) is 0.568. The smallest absolute Gasteiger partial charge is 0.250 e. The van der Waals surface area contributed by atoms with Gasteiger partial charge in [-0.15, -0.1) is 11.3 Å². The van der Waals surface area contributed by atoms with Crippen LogP contribution >= 0.6 is 22.9 Å². The van der Waals surface area contributed by atoms with Gasteiger partial charge in [0.25, 0.3) is 0 Å². The number of halogens is 1. The number of ether oxygens (including phenoxy) is 1. The zero-order valence-electron chi connectivity index (χ0n) is 15.0. The zero-order valence-corrected chi connectivity index (χ0v) is 16.6. The highest BCUT2D eigenvalue weighted by Crippen LogP contribution is 2.27. The van der Waals surface area contributed by atoms with Crippen LogP contribution in [-0.2, 0) is 4.79 Å². The molecule has 0 atom stereocenters. The normalized spacial score (nSPS) is 11.1. The van der Waals surface area contributed by atoms with Crippen LogP contribution in [0.4, 0.5) is 5.13 Å². The number of rotatable bonds is 6. The van der Waals surface area contributed by atoms with E-state index in [-0.39, 0.29) is 12.0 Å². The molecule has 27 heavy (non-hydrogen) atoms. The summed E-state index contributed by atoms with van der Waals surface area (Å²) in [5.41, 5.74) is 2.56. The Balaban J connectivity index is 1.63. The molecule has 1 heterocycles. The summed E-state index contributed by atoms with van der Waals surface area (Å²) < 4.78 is 5.64. The molecule has 0 unspecified atom stereocenters. The average Bonchev–Trinajstić information content (AvgIpc) is 3.09. The lowest BCUT2D eigenvalue weighted by atomic mass is 10.2. The van der Waals surface area contributed by atoms with Gasteiger partial charge >= 0.3 is 0 Å². The van der Waals surface area contributed by atoms with Gasteiger partial charge in [-0.1, -0.05) is 29.8 Å². The quantitative estimate of drug-likeness (QED) is 0.525. The average molecular weight is 399 g/mol. The Kier molecular flexibility index (Phi) is 6.27. The number of benzene rings is 2. The molecule has 0 bridgehead atoms. The molecule has 1 amide bonds. The third-order valence-corrected chi connectivity index (χ3v) is 4.68. The number of thiazole rings is 1. The van der Waals surface area contributed by atoms with Crippen LogP contribution in [0.1, 0.15) is 19.4 Å². The van der Waals surface area contributed by atoms with E-state index in [9.17, 15) is 4.79 Å². The summed E-state index contributed by atoms with van der Waals surface area (Å²) in [6, 6.07) is 15.1. The van der Waals surface area contributed by atoms with Crippen molar-refractivity contribution in [3.05, 3.63) is 70.6 Å². The van der Waals surface area contributed by atoms with Gasteiger partial charge in [0.05, 0.1) is 11.8 Å². The lowest BCUT2D eigenvalue weighted by Gasteiger charge is -2.09. The number of nitrogens with one attached hydrogen (secondary N) is 1. The molecule has 2 aromatic carbocycles. The van der Waals surface area contributed by atoms with Crippen LogP contribution in [0.15, 0.2) is 60.0 Å². The fraction of sp³-hybridized carbons (Fsp3) is 0.143. The minimum Gasteiger partial charge on any atom is -0.491 e. The van der Waals surface area contributed by atoms with E-state index < -0.39 is 0 Å². The van der Waals surface area contributed by atoms with E-state index in [1.165, 1.54) is 17.4 Å². The van der Waals surface area contributed by atoms with E-state index in [1.807, 2.05) is 61.7 Å². The first-order chi connectivity index (χ1) is 13.0. The van der Waals surface area contributed by atoms with E-state index in [0.29, 0.717) is 10.2 Å². The lowest BCUT2D eigenvalue weighted by Crippen LogP contribution is -2.07. The first-order valence-corrected chi connectivity index (χ1v) is 9.73. The van der Waals surface area contributed by atoms with Crippen molar-refractivity contribution in [1.29, 1.82) is 0 Å². The molecule has 1 aromatic heterocycles. The van der Waals surface area contributed by atoms with E-state index in [0.717, 1.165) is 22.6 Å². The highest BCUT2D eigenvalue weighted by atomic mass is 35.5. The van der Waals surface area contributed by atoms with Gasteiger partial charge in [-0.3, -0.25) is 10.1 Å². The van der Waals surface area contributed by atoms with Crippen LogP contribution in [0, 0.1) is 0 Å². The molecule has 3 aromatic rings. The number of carbonyl (C=O) groups excluding carboxylic acids is 1. The highest BCUT2D eigenvalue weighted by Gasteiger charge is 2.07. The predicted octanol–water partition coefficient (Wildman–Crippen LogP) is 5.90. The van der Waals surface area contributed by atoms with Crippen molar-refractivity contribution in [2.24, 2.45) is 0 Å². The van der Waals surface area contributed by atoms with Crippen LogP contribution in [0.5, 0.6) is 5.75 Å². The molecule has 0 saturated heterocycles. The molecule has 6 heteroatoms. The molecule has 0 fully saturated rings. The number of aromatic nitrogens is 1. The number of hydrogen-bond donors (Lipinski definition) is 1. The minimum absolute atomic E-state index is 0.135. The van der Waals surface area contributed by atoms with Crippen molar-refractivity contribution in [3.8, 4) is 17.0 Å². The molecule has 0 saturated carbocycles. The third kappa shape index (κ3) is 5.42. The van der Waals surface area contributed by atoms with Crippen LogP contribution in [0.2, 0.25) is 5.02 Å². The van der Waals surface area contributed by atoms with Crippen molar-refractivity contribution in [3.63, 3.8) is 0 Å². The van der Waals surface area contributed by atoms with E-state index in [1.54, 1.807) is 12.1 Å². The van der Waals surface area contributed by atoms with Crippen molar-refractivity contribution in [2.45, 2.75) is 20.0 Å². The number of amides is 1. The SMILES string of the molecule is CC(C)Oc1ccc(-c2csc(NC(=O)/C=C/c3ccccc3Cl)n2)cc1. The second kappa shape index (κ2) is 8.84. The van der Waals surface area contributed by atoms with E-state index in [4.69, 9.17) is 16.3 Å². The Hall–Kier alpha value is -2.63. The molecule has 0 aliphatic carbocycles. The molecule has 0 spiro atoms. The summed E-state index contributed by atoms with van der Waals surface area (Å²) >= 11 is 7.45. The maximum absolute atomic E-state index is 12.1. The molecule has 3 rings (SSSR count). The topological polar surface area (TPSA) is 51.2 Å². The van der Waals surface area contributed by atoms with Gasteiger partial charge in [-0.05, 0) is 55.8 Å². The largest absolute Gasteiger partial charge is 0.491 e. The molecule has 0 aliphatic heterocycles. The van der Waals surface area contributed by atoms with Gasteiger partial charge in [0.1, 0.15) is 5.75 Å². The fourth-order valence-electron chi connectivity index (χ4n) is 2.36. The summed E-state index contributed by atoms with van der Waals surface area (Å²) in [5, 5.41) is 5.82. The molecular formula is C21H19ClN2O2S. The Bertz CT molecular complexity index is 949. The van der Waals surface area contributed by atoms with Crippen LogP contribution in [0.3, 0.4) is 0 Å². The molecule has 0 radical (unpaired) electrons. The van der Waals surface area contributed by atoms with Crippen molar-refractivity contribution in [2.75, 3.05) is 5.32 Å². The first-order valence-electron chi connectivity index (χ1n) is 8.47. The van der Waals surface area contributed by atoms with E-state index >= 15 is 0 Å². The molecular weight excluding hydrogens is 380 g/mol. The second-order valence-corrected chi connectivity index (χ2v) is 7.34. The minimum atomic E-state index is -0.253. The fourth-order valence-corrected chi connectivity index (χ4v) is 3.28. The monoisotopic (exact) mass is 398 g/mol. The number of carbonyl (C=O) groups is 1. The maximum Gasteiger partial charge on any atom is 0.250 e. The number of anilines is 1. The van der Waals surface area contributed by atoms with Gasteiger partial charge in [0.15, 0.2) is 5.13 Å². The van der Waals surface area contributed by atoms with Crippen molar-refractivity contribution in [1.82, 2.24) is 4.98 Å². The Morgan fingerprint density at radius 2 is 1.93 bits per heavy atom. The van der Waals surface area contributed by atoms with Crippen LogP contribution < -0.4 is 10.1 Å². The first kappa shape index (κ1) is 19.1. The Morgan fingerprint density at radius 1 is 1.19 bits per heavy atom. The summed E-state index contributed by atoms with van der Waals surface area (Å²) in [4.78, 5) is 16.6. The predicted molar refractivity (Wildman–Crippen MR) is 112 cm³/mol. The maximum atomic E-state index is 12.1. The summed E-state index contributed by atoms with van der Waals surface area (Å²) in [6.07, 6.45) is 3.26. The Morgan fingerprint density at radius 3 is 2.63 bits per heavy atom. The molecule has 0 aliphatic rings. The van der Waals surface area contributed by atoms with E-state index in [2.05, 4.69) is 10.3 Å². The van der Waals surface area contributed by atoms with Crippen LogP contribution in [-0.4, -0.2) is 17.0 Å². The lowest BCUT2D eigenvalue weighted by molar-refractivity contribution is -0.111. The number of hydrogen-bond acceptors (Lipinski definition) is 4. The van der Waals surface area contributed by atoms with Gasteiger partial charge in [0, 0.05) is 22.0 Å². The third-order valence-electron chi connectivity index (χ3n) is 3.58. The van der Waals surface area contributed by atoms with Crippen molar-refractivity contribution < 1.29 is 9.53 Å². The van der Waals surface area contributed by atoms with Gasteiger partial charge < -0.3 is 4.74 Å². The van der Waals surface area contributed by atoms with Crippen LogP contribution in [0.25, 0.3) is 17.3 Å². The Labute approximate surface area is 167 Å². The molecule has 4 nitrogen and oxygen atoms in total. The standard InChI is InChI=1S/C21H19ClN2O2S/c1-14(2)26-17-10-7-16(8-11-17)19-13-27-21(23-19)24-20(25)12-9-15-5-3-4-6-18(15)22/h3-14H,1-2H3,(H,23,24,25)/b12-9+. The summed E-state index contributed by atoms with van der Waals surface area (Å²) in [6.45, 7) is 3.98. The second-order valence-electron chi connectivity index (χ2n) is 6.07.